The molecule has 1 saturated carbocycles. The van der Waals surface area contributed by atoms with Gasteiger partial charge in [0.25, 0.3) is 0 Å². The van der Waals surface area contributed by atoms with Crippen molar-refractivity contribution in [2.45, 2.75) is 52.1 Å². The van der Waals surface area contributed by atoms with Gasteiger partial charge in [-0.15, -0.1) is 10.2 Å². The Morgan fingerprint density at radius 3 is 2.70 bits per heavy atom. The molecule has 0 spiro atoms. The summed E-state index contributed by atoms with van der Waals surface area (Å²) in [5, 5.41) is 12.4. The first kappa shape index (κ1) is 13.6. The fourth-order valence-electron chi connectivity index (χ4n) is 3.53. The Bertz CT molecular complexity index is 567. The summed E-state index contributed by atoms with van der Waals surface area (Å²) >= 11 is 0. The van der Waals surface area contributed by atoms with Crippen LogP contribution in [0.5, 0.6) is 0 Å². The summed E-state index contributed by atoms with van der Waals surface area (Å²) < 4.78 is 2.08. The van der Waals surface area contributed by atoms with Crippen molar-refractivity contribution in [3.05, 3.63) is 30.2 Å². The summed E-state index contributed by atoms with van der Waals surface area (Å²) in [6, 6.07) is 6.82. The smallest absolute Gasteiger partial charge is 0.160 e. The van der Waals surface area contributed by atoms with Crippen molar-refractivity contribution in [2.24, 2.45) is 11.8 Å². The van der Waals surface area contributed by atoms with Gasteiger partial charge in [0.05, 0.1) is 6.04 Å². The van der Waals surface area contributed by atoms with E-state index in [9.17, 15) is 0 Å². The summed E-state index contributed by atoms with van der Waals surface area (Å²) in [6.07, 6.45) is 6.06. The molecule has 0 bridgehead atoms. The first-order valence-corrected chi connectivity index (χ1v) is 7.72. The van der Waals surface area contributed by atoms with Crippen LogP contribution < -0.4 is 5.32 Å². The molecule has 3 rings (SSSR count). The summed E-state index contributed by atoms with van der Waals surface area (Å²) in [7, 11) is 0. The van der Waals surface area contributed by atoms with Gasteiger partial charge in [-0.2, -0.15) is 0 Å². The average Bonchev–Trinajstić information content (AvgIpc) is 2.87. The minimum Gasteiger partial charge on any atom is -0.304 e. The molecule has 2 aromatic heterocycles. The first-order valence-electron chi connectivity index (χ1n) is 7.72. The van der Waals surface area contributed by atoms with Crippen LogP contribution >= 0.6 is 0 Å². The standard InChI is InChI=1S/C16H24N4/c1-11-7-6-8-12(2)15(11)17-13(3)16-19-18-14-9-4-5-10-20(14)16/h4-5,9-13,15,17H,6-8H2,1-3H3. The van der Waals surface area contributed by atoms with E-state index in [0.717, 1.165) is 23.3 Å². The van der Waals surface area contributed by atoms with Crippen molar-refractivity contribution in [1.82, 2.24) is 19.9 Å². The molecule has 0 aromatic carbocycles. The van der Waals surface area contributed by atoms with Crippen LogP contribution in [-0.2, 0) is 0 Å². The second kappa shape index (κ2) is 5.52. The summed E-state index contributed by atoms with van der Waals surface area (Å²) in [5.41, 5.74) is 0.917. The van der Waals surface area contributed by atoms with Gasteiger partial charge in [0.15, 0.2) is 11.5 Å². The van der Waals surface area contributed by atoms with Crippen LogP contribution in [0.1, 0.15) is 51.9 Å². The maximum Gasteiger partial charge on any atom is 0.160 e. The molecule has 0 amide bonds. The highest BCUT2D eigenvalue weighted by atomic mass is 15.3. The number of pyridine rings is 1. The number of aromatic nitrogens is 3. The lowest BCUT2D eigenvalue weighted by molar-refractivity contribution is 0.194. The monoisotopic (exact) mass is 272 g/mol. The van der Waals surface area contributed by atoms with Gasteiger partial charge in [-0.05, 0) is 43.7 Å². The normalized spacial score (nSPS) is 28.6. The van der Waals surface area contributed by atoms with Crippen LogP contribution in [0.4, 0.5) is 0 Å². The third-order valence-electron chi connectivity index (χ3n) is 4.71. The third kappa shape index (κ3) is 2.44. The molecule has 3 unspecified atom stereocenters. The van der Waals surface area contributed by atoms with E-state index in [-0.39, 0.29) is 6.04 Å². The van der Waals surface area contributed by atoms with Gasteiger partial charge in [-0.25, -0.2) is 0 Å². The van der Waals surface area contributed by atoms with Gasteiger partial charge in [0.2, 0.25) is 0 Å². The zero-order valence-electron chi connectivity index (χ0n) is 12.6. The summed E-state index contributed by atoms with van der Waals surface area (Å²) in [6.45, 7) is 6.92. The fraction of sp³-hybridized carbons (Fsp3) is 0.625. The number of nitrogens with one attached hydrogen (secondary N) is 1. The Morgan fingerprint density at radius 1 is 1.20 bits per heavy atom. The molecule has 1 fully saturated rings. The van der Waals surface area contributed by atoms with Gasteiger partial charge < -0.3 is 5.32 Å². The third-order valence-corrected chi connectivity index (χ3v) is 4.71. The second-order valence-corrected chi connectivity index (χ2v) is 6.29. The topological polar surface area (TPSA) is 42.2 Å². The average molecular weight is 272 g/mol. The lowest BCUT2D eigenvalue weighted by atomic mass is 9.78. The molecule has 4 nitrogen and oxygen atoms in total. The Morgan fingerprint density at radius 2 is 1.95 bits per heavy atom. The van der Waals surface area contributed by atoms with Crippen LogP contribution in [-0.4, -0.2) is 20.6 Å². The Hall–Kier alpha value is -1.42. The SMILES string of the molecule is CC(NC1C(C)CCCC1C)c1nnc2ccccn12. The molecule has 1 aliphatic rings. The molecule has 0 saturated heterocycles. The molecule has 3 atom stereocenters. The van der Waals surface area contributed by atoms with Gasteiger partial charge in [-0.3, -0.25) is 4.40 Å². The lowest BCUT2D eigenvalue weighted by Gasteiger charge is -2.37. The molecule has 4 heteroatoms. The van der Waals surface area contributed by atoms with Crippen molar-refractivity contribution in [3.8, 4) is 0 Å². The lowest BCUT2D eigenvalue weighted by Crippen LogP contribution is -2.44. The maximum absolute atomic E-state index is 4.36. The highest BCUT2D eigenvalue weighted by Gasteiger charge is 2.29. The zero-order valence-corrected chi connectivity index (χ0v) is 12.6. The fourth-order valence-corrected chi connectivity index (χ4v) is 3.53. The zero-order chi connectivity index (χ0) is 14.1. The van der Waals surface area contributed by atoms with E-state index >= 15 is 0 Å². The first-order chi connectivity index (χ1) is 9.66. The summed E-state index contributed by atoms with van der Waals surface area (Å²) in [4.78, 5) is 0. The predicted molar refractivity (Wildman–Crippen MR) is 80.5 cm³/mol. The van der Waals surface area contributed by atoms with Gasteiger partial charge in [0.1, 0.15) is 0 Å². The van der Waals surface area contributed by atoms with E-state index in [1.807, 2.05) is 24.4 Å². The highest BCUT2D eigenvalue weighted by molar-refractivity contribution is 5.37. The molecular formula is C16H24N4. The van der Waals surface area contributed by atoms with E-state index in [1.165, 1.54) is 19.3 Å². The van der Waals surface area contributed by atoms with E-state index in [4.69, 9.17) is 0 Å². The van der Waals surface area contributed by atoms with Crippen molar-refractivity contribution in [1.29, 1.82) is 0 Å². The van der Waals surface area contributed by atoms with Crippen molar-refractivity contribution >= 4 is 5.65 Å². The van der Waals surface area contributed by atoms with Crippen molar-refractivity contribution in [2.75, 3.05) is 0 Å². The Kier molecular flexibility index (Phi) is 3.74. The Balaban J connectivity index is 1.80. The van der Waals surface area contributed by atoms with E-state index in [1.54, 1.807) is 0 Å². The highest BCUT2D eigenvalue weighted by Crippen LogP contribution is 2.30. The number of hydrogen-bond donors (Lipinski definition) is 1. The number of nitrogens with zero attached hydrogens (tertiary/aromatic N) is 3. The van der Waals surface area contributed by atoms with E-state index in [0.29, 0.717) is 6.04 Å². The molecule has 0 radical (unpaired) electrons. The molecule has 1 N–H and O–H groups in total. The molecular weight excluding hydrogens is 248 g/mol. The van der Waals surface area contributed by atoms with Crippen LogP contribution in [0.25, 0.3) is 5.65 Å². The second-order valence-electron chi connectivity index (χ2n) is 6.29. The number of fused-ring (bicyclic) bond motifs is 1. The predicted octanol–water partition coefficient (Wildman–Crippen LogP) is 3.20. The maximum atomic E-state index is 4.36. The van der Waals surface area contributed by atoms with Crippen LogP contribution in [0.15, 0.2) is 24.4 Å². The van der Waals surface area contributed by atoms with Gasteiger partial charge >= 0.3 is 0 Å². The molecule has 20 heavy (non-hydrogen) atoms. The van der Waals surface area contributed by atoms with Crippen LogP contribution in [0.3, 0.4) is 0 Å². The van der Waals surface area contributed by atoms with E-state index in [2.05, 4.69) is 40.7 Å². The largest absolute Gasteiger partial charge is 0.304 e. The minimum atomic E-state index is 0.223. The molecule has 0 aliphatic heterocycles. The van der Waals surface area contributed by atoms with E-state index < -0.39 is 0 Å². The molecule has 2 heterocycles. The minimum absolute atomic E-state index is 0.223. The molecule has 1 aliphatic carbocycles. The van der Waals surface area contributed by atoms with Crippen molar-refractivity contribution in [3.63, 3.8) is 0 Å². The van der Waals surface area contributed by atoms with Crippen LogP contribution in [0, 0.1) is 11.8 Å². The number of rotatable bonds is 3. The molecule has 2 aromatic rings. The summed E-state index contributed by atoms with van der Waals surface area (Å²) in [5.74, 6) is 2.48. The quantitative estimate of drug-likeness (QED) is 0.933. The van der Waals surface area contributed by atoms with Gasteiger partial charge in [0, 0.05) is 12.2 Å². The molecule has 108 valence electrons. The Labute approximate surface area is 120 Å². The van der Waals surface area contributed by atoms with Crippen molar-refractivity contribution < 1.29 is 0 Å². The van der Waals surface area contributed by atoms with Gasteiger partial charge in [-0.1, -0.05) is 26.3 Å². The number of hydrogen-bond acceptors (Lipinski definition) is 3. The van der Waals surface area contributed by atoms with Crippen LogP contribution in [0.2, 0.25) is 0 Å².